The van der Waals surface area contributed by atoms with Gasteiger partial charge < -0.3 is 20.5 Å². The van der Waals surface area contributed by atoms with E-state index in [2.05, 4.69) is 21.2 Å². The summed E-state index contributed by atoms with van der Waals surface area (Å²) in [5.74, 6) is 0.524. The molecule has 108 valence electrons. The van der Waals surface area contributed by atoms with E-state index >= 15 is 0 Å². The molecule has 0 aliphatic rings. The van der Waals surface area contributed by atoms with Gasteiger partial charge in [-0.05, 0) is 40.2 Å². The number of methoxy groups -OCH3 is 1. The lowest BCUT2D eigenvalue weighted by molar-refractivity contribution is -0.119. The van der Waals surface area contributed by atoms with E-state index in [-0.39, 0.29) is 19.0 Å². The minimum Gasteiger partial charge on any atom is -0.493 e. The van der Waals surface area contributed by atoms with Crippen LogP contribution in [0.1, 0.15) is 12.5 Å². The molecule has 0 aliphatic heterocycles. The molecule has 0 bridgehead atoms. The summed E-state index contributed by atoms with van der Waals surface area (Å²) in [7, 11) is 1.55. The van der Waals surface area contributed by atoms with Gasteiger partial charge in [0.05, 0.1) is 11.6 Å². The van der Waals surface area contributed by atoms with Gasteiger partial charge in [0.2, 0.25) is 0 Å². The molecule has 0 spiro atoms. The second-order valence-electron chi connectivity index (χ2n) is 3.64. The lowest BCUT2D eigenvalue weighted by Gasteiger charge is -2.13. The summed E-state index contributed by atoms with van der Waals surface area (Å²) in [6, 6.07) is 3.78. The van der Waals surface area contributed by atoms with Crippen molar-refractivity contribution < 1.29 is 14.3 Å². The Morgan fingerprint density at radius 2 is 2.16 bits per heavy atom. The van der Waals surface area contributed by atoms with Crippen molar-refractivity contribution in [2.45, 2.75) is 13.5 Å². The zero-order valence-corrected chi connectivity index (χ0v) is 13.3. The smallest absolute Gasteiger partial charge is 0.255 e. The number of carbonyl (C=O) groups is 1. The van der Waals surface area contributed by atoms with Crippen molar-refractivity contribution in [3.63, 3.8) is 0 Å². The molecule has 7 heteroatoms. The van der Waals surface area contributed by atoms with Crippen LogP contribution in [-0.2, 0) is 11.3 Å². The van der Waals surface area contributed by atoms with Gasteiger partial charge in [-0.1, -0.05) is 6.92 Å². The minimum atomic E-state index is -0.527. The fourth-order valence-corrected chi connectivity index (χ4v) is 2.03. The van der Waals surface area contributed by atoms with Gasteiger partial charge in [-0.2, -0.15) is 0 Å². The van der Waals surface area contributed by atoms with E-state index in [1.54, 1.807) is 7.11 Å². The monoisotopic (exact) mass is 352 g/mol. The number of benzene rings is 1. The normalized spacial score (nSPS) is 9.63. The van der Waals surface area contributed by atoms with Crippen LogP contribution in [0.2, 0.25) is 0 Å². The average molecular weight is 354 g/mol. The topological polar surface area (TPSA) is 73.6 Å². The minimum absolute atomic E-state index is 0. The van der Waals surface area contributed by atoms with Crippen LogP contribution in [0.4, 0.5) is 0 Å². The first-order valence-electron chi connectivity index (χ1n) is 5.56. The molecule has 0 aromatic heterocycles. The first kappa shape index (κ1) is 18.0. The van der Waals surface area contributed by atoms with Crippen LogP contribution in [0.5, 0.6) is 11.5 Å². The quantitative estimate of drug-likeness (QED) is 0.784. The molecule has 19 heavy (non-hydrogen) atoms. The molecule has 3 N–H and O–H groups in total. The van der Waals surface area contributed by atoms with Gasteiger partial charge in [0, 0.05) is 6.54 Å². The van der Waals surface area contributed by atoms with E-state index in [9.17, 15) is 4.79 Å². The maximum atomic E-state index is 10.7. The van der Waals surface area contributed by atoms with E-state index in [0.29, 0.717) is 11.5 Å². The number of carbonyl (C=O) groups excluding carboxylic acids is 1. The lowest BCUT2D eigenvalue weighted by atomic mass is 10.2. The zero-order chi connectivity index (χ0) is 13.5. The van der Waals surface area contributed by atoms with Crippen LogP contribution in [-0.4, -0.2) is 26.2 Å². The Morgan fingerprint density at radius 3 is 2.68 bits per heavy atom. The SMILES string of the molecule is CCNCc1cc(Br)c(OCC(N)=O)c(OC)c1.Cl. The Balaban J connectivity index is 0.00000324. The van der Waals surface area contributed by atoms with E-state index in [1.807, 2.05) is 19.1 Å². The van der Waals surface area contributed by atoms with Gasteiger partial charge in [0.25, 0.3) is 5.91 Å². The van der Waals surface area contributed by atoms with Crippen molar-refractivity contribution in [3.05, 3.63) is 22.2 Å². The van der Waals surface area contributed by atoms with Crippen LogP contribution < -0.4 is 20.5 Å². The van der Waals surface area contributed by atoms with Crippen molar-refractivity contribution in [1.82, 2.24) is 5.32 Å². The molecule has 0 unspecified atom stereocenters. The van der Waals surface area contributed by atoms with E-state index in [4.69, 9.17) is 15.2 Å². The van der Waals surface area contributed by atoms with Crippen LogP contribution in [0, 0.1) is 0 Å². The summed E-state index contributed by atoms with van der Waals surface area (Å²) in [6.45, 7) is 3.49. The second-order valence-corrected chi connectivity index (χ2v) is 4.50. The fraction of sp³-hybridized carbons (Fsp3) is 0.417. The van der Waals surface area contributed by atoms with Crippen molar-refractivity contribution in [3.8, 4) is 11.5 Å². The summed E-state index contributed by atoms with van der Waals surface area (Å²) in [5, 5.41) is 3.22. The zero-order valence-electron chi connectivity index (χ0n) is 10.9. The molecule has 0 atom stereocenters. The molecular formula is C12H18BrClN2O3. The molecule has 0 aliphatic carbocycles. The summed E-state index contributed by atoms with van der Waals surface area (Å²) in [5.41, 5.74) is 6.11. The van der Waals surface area contributed by atoms with Crippen LogP contribution in [0.25, 0.3) is 0 Å². The summed E-state index contributed by atoms with van der Waals surface area (Å²) < 4.78 is 11.3. The van der Waals surface area contributed by atoms with Gasteiger partial charge in [-0.3, -0.25) is 4.79 Å². The number of ether oxygens (including phenoxy) is 2. The van der Waals surface area contributed by atoms with Crippen LogP contribution >= 0.6 is 28.3 Å². The van der Waals surface area contributed by atoms with E-state index < -0.39 is 5.91 Å². The number of amides is 1. The van der Waals surface area contributed by atoms with Crippen LogP contribution in [0.15, 0.2) is 16.6 Å². The fourth-order valence-electron chi connectivity index (χ4n) is 1.43. The third-order valence-corrected chi connectivity index (χ3v) is 2.82. The van der Waals surface area contributed by atoms with Gasteiger partial charge in [-0.25, -0.2) is 0 Å². The Kier molecular flexibility index (Phi) is 8.54. The first-order chi connectivity index (χ1) is 8.58. The third kappa shape index (κ3) is 5.67. The summed E-state index contributed by atoms with van der Waals surface area (Å²) >= 11 is 3.40. The maximum Gasteiger partial charge on any atom is 0.255 e. The Hall–Kier alpha value is -0.980. The van der Waals surface area contributed by atoms with Gasteiger partial charge in [0.1, 0.15) is 0 Å². The van der Waals surface area contributed by atoms with Crippen molar-refractivity contribution in [2.24, 2.45) is 5.73 Å². The molecule has 0 heterocycles. The number of hydrogen-bond donors (Lipinski definition) is 2. The van der Waals surface area contributed by atoms with Gasteiger partial charge in [0.15, 0.2) is 18.1 Å². The Morgan fingerprint density at radius 1 is 1.47 bits per heavy atom. The Bertz CT molecular complexity index is 430. The summed E-state index contributed by atoms with van der Waals surface area (Å²) in [4.78, 5) is 10.7. The number of hydrogen-bond acceptors (Lipinski definition) is 4. The molecule has 5 nitrogen and oxygen atoms in total. The highest BCUT2D eigenvalue weighted by Gasteiger charge is 2.12. The second kappa shape index (κ2) is 9.01. The lowest BCUT2D eigenvalue weighted by Crippen LogP contribution is -2.20. The molecule has 1 aromatic rings. The van der Waals surface area contributed by atoms with E-state index in [0.717, 1.165) is 23.1 Å². The molecule has 0 saturated heterocycles. The maximum absolute atomic E-state index is 10.7. The highest BCUT2D eigenvalue weighted by Crippen LogP contribution is 2.36. The van der Waals surface area contributed by atoms with Crippen molar-refractivity contribution in [1.29, 1.82) is 0 Å². The molecule has 0 saturated carbocycles. The van der Waals surface area contributed by atoms with Crippen LogP contribution in [0.3, 0.4) is 0 Å². The number of nitrogens with one attached hydrogen (secondary N) is 1. The highest BCUT2D eigenvalue weighted by atomic mass is 79.9. The third-order valence-electron chi connectivity index (χ3n) is 2.23. The predicted octanol–water partition coefficient (Wildman–Crippen LogP) is 1.85. The van der Waals surface area contributed by atoms with Crippen molar-refractivity contribution in [2.75, 3.05) is 20.3 Å². The Labute approximate surface area is 127 Å². The van der Waals surface area contributed by atoms with Crippen molar-refractivity contribution >= 4 is 34.2 Å². The largest absolute Gasteiger partial charge is 0.493 e. The number of halogens is 2. The molecule has 0 fully saturated rings. The highest BCUT2D eigenvalue weighted by molar-refractivity contribution is 9.10. The average Bonchev–Trinajstić information content (AvgIpc) is 2.34. The molecule has 1 amide bonds. The van der Waals surface area contributed by atoms with E-state index in [1.165, 1.54) is 0 Å². The molecule has 1 aromatic carbocycles. The first-order valence-corrected chi connectivity index (χ1v) is 6.36. The summed E-state index contributed by atoms with van der Waals surface area (Å²) in [6.07, 6.45) is 0. The standard InChI is InChI=1S/C12H17BrN2O3.ClH/c1-3-15-6-8-4-9(13)12(10(5-8)17-2)18-7-11(14)16;/h4-5,15H,3,6-7H2,1-2H3,(H2,14,16);1H. The molecule has 1 rings (SSSR count). The molecule has 0 radical (unpaired) electrons. The number of rotatable bonds is 7. The number of nitrogens with two attached hydrogens (primary N) is 1. The predicted molar refractivity (Wildman–Crippen MR) is 80.0 cm³/mol. The van der Waals surface area contributed by atoms with Gasteiger partial charge >= 0.3 is 0 Å². The van der Waals surface area contributed by atoms with Gasteiger partial charge in [-0.15, -0.1) is 12.4 Å². The molecular weight excluding hydrogens is 336 g/mol. The number of primary amides is 1.